The van der Waals surface area contributed by atoms with Crippen LogP contribution >= 0.6 is 0 Å². The number of hydrogen-bond donors (Lipinski definition) is 4. The van der Waals surface area contributed by atoms with Crippen LogP contribution in [0.2, 0.25) is 0 Å². The molecule has 0 saturated heterocycles. The third-order valence-electron chi connectivity index (χ3n) is 3.92. The summed E-state index contributed by atoms with van der Waals surface area (Å²) in [6.45, 7) is 3.83. The molecule has 0 radical (unpaired) electrons. The fraction of sp³-hybridized carbons (Fsp3) is 0.400. The fourth-order valence-electron chi connectivity index (χ4n) is 2.27. The SMILES string of the molecule is CCC(CC)(CO)NC(=O)c1cc2cc(N)ccc2[nH]1. The molecule has 5 heteroatoms. The summed E-state index contributed by atoms with van der Waals surface area (Å²) in [6.07, 6.45) is 1.36. The second kappa shape index (κ2) is 5.54. The molecular weight excluding hydrogens is 254 g/mol. The lowest BCUT2D eigenvalue weighted by Gasteiger charge is -2.30. The Morgan fingerprint density at radius 3 is 2.65 bits per heavy atom. The van der Waals surface area contributed by atoms with Crippen LogP contribution < -0.4 is 11.1 Å². The second-order valence-corrected chi connectivity index (χ2v) is 5.13. The van der Waals surface area contributed by atoms with Gasteiger partial charge in [0.2, 0.25) is 0 Å². The molecule has 20 heavy (non-hydrogen) atoms. The molecule has 2 aromatic rings. The molecule has 1 amide bonds. The van der Waals surface area contributed by atoms with E-state index in [4.69, 9.17) is 5.73 Å². The number of aromatic amines is 1. The van der Waals surface area contributed by atoms with Gasteiger partial charge < -0.3 is 21.1 Å². The summed E-state index contributed by atoms with van der Waals surface area (Å²) in [4.78, 5) is 15.4. The number of aliphatic hydroxyl groups excluding tert-OH is 1. The largest absolute Gasteiger partial charge is 0.399 e. The molecule has 5 nitrogen and oxygen atoms in total. The smallest absolute Gasteiger partial charge is 0.268 e. The van der Waals surface area contributed by atoms with Crippen LogP contribution in [0.1, 0.15) is 37.2 Å². The number of nitrogens with one attached hydrogen (secondary N) is 2. The highest BCUT2D eigenvalue weighted by molar-refractivity contribution is 5.98. The molecule has 1 heterocycles. The summed E-state index contributed by atoms with van der Waals surface area (Å²) < 4.78 is 0. The second-order valence-electron chi connectivity index (χ2n) is 5.13. The number of aromatic nitrogens is 1. The molecule has 0 aliphatic heterocycles. The number of H-pyrrole nitrogens is 1. The van der Waals surface area contributed by atoms with E-state index in [-0.39, 0.29) is 12.5 Å². The summed E-state index contributed by atoms with van der Waals surface area (Å²) in [5.41, 5.74) is 7.17. The number of nitrogens with two attached hydrogens (primary N) is 1. The van der Waals surface area contributed by atoms with Gasteiger partial charge in [-0.2, -0.15) is 0 Å². The van der Waals surface area contributed by atoms with Crippen LogP contribution in [0.25, 0.3) is 10.9 Å². The van der Waals surface area contributed by atoms with Crippen molar-refractivity contribution in [1.29, 1.82) is 0 Å². The lowest BCUT2D eigenvalue weighted by Crippen LogP contribution is -2.50. The highest BCUT2D eigenvalue weighted by Gasteiger charge is 2.28. The summed E-state index contributed by atoms with van der Waals surface area (Å²) in [5, 5.41) is 13.3. The number of aliphatic hydroxyl groups is 1. The van der Waals surface area contributed by atoms with E-state index in [1.165, 1.54) is 0 Å². The highest BCUT2D eigenvalue weighted by Crippen LogP contribution is 2.20. The molecule has 0 saturated carbocycles. The Morgan fingerprint density at radius 1 is 1.35 bits per heavy atom. The predicted octanol–water partition coefficient (Wildman–Crippen LogP) is 2.03. The molecule has 0 unspecified atom stereocenters. The van der Waals surface area contributed by atoms with Gasteiger partial charge >= 0.3 is 0 Å². The van der Waals surface area contributed by atoms with Crippen LogP contribution in [0.15, 0.2) is 24.3 Å². The topological polar surface area (TPSA) is 91.1 Å². The van der Waals surface area contributed by atoms with E-state index < -0.39 is 5.54 Å². The minimum absolute atomic E-state index is 0.0705. The van der Waals surface area contributed by atoms with Crippen molar-refractivity contribution in [2.45, 2.75) is 32.2 Å². The van der Waals surface area contributed by atoms with Gasteiger partial charge in [-0.1, -0.05) is 13.8 Å². The number of fused-ring (bicyclic) bond motifs is 1. The van der Waals surface area contributed by atoms with Gasteiger partial charge in [0.15, 0.2) is 0 Å². The average Bonchev–Trinajstić information content (AvgIpc) is 2.88. The zero-order valence-corrected chi connectivity index (χ0v) is 11.9. The first-order chi connectivity index (χ1) is 9.53. The predicted molar refractivity (Wildman–Crippen MR) is 80.6 cm³/mol. The number of rotatable bonds is 5. The first kappa shape index (κ1) is 14.4. The quantitative estimate of drug-likeness (QED) is 0.629. The standard InChI is InChI=1S/C15H21N3O2/c1-3-15(4-2,9-19)18-14(20)13-8-10-7-11(16)5-6-12(10)17-13/h5-8,17,19H,3-4,9,16H2,1-2H3,(H,18,20). The normalized spacial score (nSPS) is 11.8. The highest BCUT2D eigenvalue weighted by atomic mass is 16.3. The first-order valence-electron chi connectivity index (χ1n) is 6.85. The Bertz CT molecular complexity index is 606. The van der Waals surface area contributed by atoms with Gasteiger partial charge in [-0.15, -0.1) is 0 Å². The minimum Gasteiger partial charge on any atom is -0.399 e. The third kappa shape index (κ3) is 2.63. The summed E-state index contributed by atoms with van der Waals surface area (Å²) in [6, 6.07) is 7.23. The minimum atomic E-state index is -0.562. The maximum absolute atomic E-state index is 12.3. The summed E-state index contributed by atoms with van der Waals surface area (Å²) >= 11 is 0. The number of nitrogen functional groups attached to an aromatic ring is 1. The molecule has 0 fully saturated rings. The zero-order valence-electron chi connectivity index (χ0n) is 11.9. The van der Waals surface area contributed by atoms with Gasteiger partial charge in [-0.3, -0.25) is 4.79 Å². The number of amides is 1. The van der Waals surface area contributed by atoms with Crippen LogP contribution in [0.4, 0.5) is 5.69 Å². The molecule has 0 atom stereocenters. The van der Waals surface area contributed by atoms with Crippen molar-refractivity contribution in [3.63, 3.8) is 0 Å². The Hall–Kier alpha value is -2.01. The average molecular weight is 275 g/mol. The Labute approximate surface area is 118 Å². The molecule has 2 rings (SSSR count). The van der Waals surface area contributed by atoms with Crippen LogP contribution in [-0.4, -0.2) is 28.1 Å². The molecule has 0 aliphatic carbocycles. The van der Waals surface area contributed by atoms with Gasteiger partial charge in [-0.25, -0.2) is 0 Å². The van der Waals surface area contributed by atoms with E-state index >= 15 is 0 Å². The van der Waals surface area contributed by atoms with Crippen LogP contribution in [0.5, 0.6) is 0 Å². The lowest BCUT2D eigenvalue weighted by molar-refractivity contribution is 0.0813. The molecular formula is C15H21N3O2. The van der Waals surface area contributed by atoms with E-state index in [0.717, 1.165) is 10.9 Å². The maximum Gasteiger partial charge on any atom is 0.268 e. The van der Waals surface area contributed by atoms with Crippen LogP contribution in [0.3, 0.4) is 0 Å². The van der Waals surface area contributed by atoms with E-state index in [0.29, 0.717) is 24.2 Å². The van der Waals surface area contributed by atoms with Gasteiger partial charge in [0, 0.05) is 16.6 Å². The zero-order chi connectivity index (χ0) is 14.8. The number of carbonyl (C=O) groups is 1. The summed E-state index contributed by atoms with van der Waals surface area (Å²) in [5.74, 6) is -0.211. The molecule has 1 aromatic heterocycles. The van der Waals surface area contributed by atoms with E-state index in [1.54, 1.807) is 12.1 Å². The van der Waals surface area contributed by atoms with Gasteiger partial charge in [0.05, 0.1) is 12.1 Å². The maximum atomic E-state index is 12.3. The third-order valence-corrected chi connectivity index (χ3v) is 3.92. The molecule has 0 spiro atoms. The number of anilines is 1. The van der Waals surface area contributed by atoms with E-state index in [1.807, 2.05) is 26.0 Å². The molecule has 0 bridgehead atoms. The Kier molecular flexibility index (Phi) is 3.99. The Morgan fingerprint density at radius 2 is 2.05 bits per heavy atom. The molecule has 1 aromatic carbocycles. The number of hydrogen-bond acceptors (Lipinski definition) is 3. The van der Waals surface area contributed by atoms with Gasteiger partial charge in [0.1, 0.15) is 5.69 Å². The van der Waals surface area contributed by atoms with Crippen LogP contribution in [-0.2, 0) is 0 Å². The van der Waals surface area contributed by atoms with Crippen molar-refractivity contribution in [1.82, 2.24) is 10.3 Å². The molecule has 5 N–H and O–H groups in total. The van der Waals surface area contributed by atoms with E-state index in [2.05, 4.69) is 10.3 Å². The van der Waals surface area contributed by atoms with Crippen molar-refractivity contribution >= 4 is 22.5 Å². The number of carbonyl (C=O) groups excluding carboxylic acids is 1. The van der Waals surface area contributed by atoms with Crippen molar-refractivity contribution in [3.05, 3.63) is 30.0 Å². The van der Waals surface area contributed by atoms with E-state index in [9.17, 15) is 9.90 Å². The van der Waals surface area contributed by atoms with Crippen molar-refractivity contribution < 1.29 is 9.90 Å². The number of benzene rings is 1. The van der Waals surface area contributed by atoms with Crippen molar-refractivity contribution in [2.75, 3.05) is 12.3 Å². The van der Waals surface area contributed by atoms with Crippen molar-refractivity contribution in [3.8, 4) is 0 Å². The van der Waals surface area contributed by atoms with Crippen LogP contribution in [0, 0.1) is 0 Å². The molecule has 0 aliphatic rings. The fourth-order valence-corrected chi connectivity index (χ4v) is 2.27. The first-order valence-corrected chi connectivity index (χ1v) is 6.85. The lowest BCUT2D eigenvalue weighted by atomic mass is 9.94. The van der Waals surface area contributed by atoms with Gasteiger partial charge in [-0.05, 0) is 37.1 Å². The van der Waals surface area contributed by atoms with Crippen molar-refractivity contribution in [2.24, 2.45) is 0 Å². The summed E-state index contributed by atoms with van der Waals surface area (Å²) in [7, 11) is 0. The Balaban J connectivity index is 2.27. The monoisotopic (exact) mass is 275 g/mol. The van der Waals surface area contributed by atoms with Gasteiger partial charge in [0.25, 0.3) is 5.91 Å². The molecule has 108 valence electrons.